The molecule has 19 heavy (non-hydrogen) atoms. The fourth-order valence-electron chi connectivity index (χ4n) is 2.68. The number of carboxylic acid groups (broad SMARTS) is 1. The molecule has 3 N–H and O–H groups in total. The first-order valence-electron chi connectivity index (χ1n) is 6.89. The summed E-state index contributed by atoms with van der Waals surface area (Å²) in [6.45, 7) is 3.92. The van der Waals surface area contributed by atoms with Crippen molar-refractivity contribution in [2.75, 3.05) is 19.6 Å². The van der Waals surface area contributed by atoms with E-state index in [0.717, 1.165) is 31.7 Å². The van der Waals surface area contributed by atoms with Crippen LogP contribution in [-0.4, -0.2) is 35.6 Å². The molecule has 0 unspecified atom stereocenters. The number of hydrogen-bond donors (Lipinski definition) is 2. The van der Waals surface area contributed by atoms with Crippen LogP contribution < -0.4 is 5.73 Å². The molecule has 4 heteroatoms. The van der Waals surface area contributed by atoms with Crippen molar-refractivity contribution >= 4 is 5.97 Å². The fourth-order valence-corrected chi connectivity index (χ4v) is 2.68. The number of nitrogens with zero attached hydrogens (tertiary/aromatic N) is 1. The van der Waals surface area contributed by atoms with Crippen molar-refractivity contribution in [1.29, 1.82) is 0 Å². The summed E-state index contributed by atoms with van der Waals surface area (Å²) in [5.41, 5.74) is 7.84. The highest BCUT2D eigenvalue weighted by atomic mass is 16.4. The van der Waals surface area contributed by atoms with E-state index < -0.39 is 5.97 Å². The Hall–Kier alpha value is -1.39. The van der Waals surface area contributed by atoms with Crippen LogP contribution in [0.3, 0.4) is 0 Å². The van der Waals surface area contributed by atoms with Crippen molar-refractivity contribution < 1.29 is 9.90 Å². The SMILES string of the molecule is NC[C@@H]1CCCN(Cc2ccc(CC(=O)O)cc2)C1. The predicted molar refractivity (Wildman–Crippen MR) is 74.8 cm³/mol. The monoisotopic (exact) mass is 262 g/mol. The first-order chi connectivity index (χ1) is 9.17. The van der Waals surface area contributed by atoms with E-state index in [9.17, 15) is 4.79 Å². The van der Waals surface area contributed by atoms with Crippen molar-refractivity contribution in [2.45, 2.75) is 25.8 Å². The molecular formula is C15H22N2O2. The summed E-state index contributed by atoms with van der Waals surface area (Å²) in [6, 6.07) is 7.89. The number of carboxylic acids is 1. The lowest BCUT2D eigenvalue weighted by Crippen LogP contribution is -2.37. The molecular weight excluding hydrogens is 240 g/mol. The Kier molecular flexibility index (Phi) is 4.93. The summed E-state index contributed by atoms with van der Waals surface area (Å²) < 4.78 is 0. The molecule has 0 aromatic heterocycles. The van der Waals surface area contributed by atoms with Gasteiger partial charge >= 0.3 is 5.97 Å². The molecule has 0 aliphatic carbocycles. The van der Waals surface area contributed by atoms with Crippen LogP contribution in [0.5, 0.6) is 0 Å². The van der Waals surface area contributed by atoms with Crippen LogP contribution in [0, 0.1) is 5.92 Å². The lowest BCUT2D eigenvalue weighted by atomic mass is 9.98. The molecule has 0 saturated carbocycles. The number of hydrogen-bond acceptors (Lipinski definition) is 3. The molecule has 1 saturated heterocycles. The Morgan fingerprint density at radius 1 is 1.32 bits per heavy atom. The Bertz CT molecular complexity index is 417. The van der Waals surface area contributed by atoms with Crippen molar-refractivity contribution in [3.8, 4) is 0 Å². The first-order valence-corrected chi connectivity index (χ1v) is 6.89. The molecule has 1 aliphatic heterocycles. The molecule has 4 nitrogen and oxygen atoms in total. The molecule has 1 heterocycles. The zero-order valence-corrected chi connectivity index (χ0v) is 11.2. The number of aliphatic carboxylic acids is 1. The summed E-state index contributed by atoms with van der Waals surface area (Å²) >= 11 is 0. The minimum absolute atomic E-state index is 0.0965. The molecule has 0 radical (unpaired) electrons. The van der Waals surface area contributed by atoms with Gasteiger partial charge in [-0.1, -0.05) is 24.3 Å². The number of nitrogens with two attached hydrogens (primary N) is 1. The van der Waals surface area contributed by atoms with Crippen LogP contribution in [0.1, 0.15) is 24.0 Å². The number of likely N-dealkylation sites (tertiary alicyclic amines) is 1. The van der Waals surface area contributed by atoms with Crippen LogP contribution in [0.2, 0.25) is 0 Å². The lowest BCUT2D eigenvalue weighted by molar-refractivity contribution is -0.136. The van der Waals surface area contributed by atoms with Gasteiger partial charge in [0.1, 0.15) is 0 Å². The van der Waals surface area contributed by atoms with Crippen LogP contribution in [0.4, 0.5) is 0 Å². The topological polar surface area (TPSA) is 66.6 Å². The van der Waals surface area contributed by atoms with E-state index in [1.165, 1.54) is 18.4 Å². The third kappa shape index (κ3) is 4.33. The van der Waals surface area contributed by atoms with E-state index in [1.54, 1.807) is 0 Å². The third-order valence-electron chi connectivity index (χ3n) is 3.72. The second-order valence-electron chi connectivity index (χ2n) is 5.37. The van der Waals surface area contributed by atoms with Crippen molar-refractivity contribution in [3.63, 3.8) is 0 Å². The van der Waals surface area contributed by atoms with Crippen LogP contribution in [0.25, 0.3) is 0 Å². The van der Waals surface area contributed by atoms with Gasteiger partial charge in [-0.15, -0.1) is 0 Å². The van der Waals surface area contributed by atoms with Crippen LogP contribution >= 0.6 is 0 Å². The second-order valence-corrected chi connectivity index (χ2v) is 5.37. The largest absolute Gasteiger partial charge is 0.481 e. The van der Waals surface area contributed by atoms with E-state index in [-0.39, 0.29) is 6.42 Å². The number of benzene rings is 1. The first kappa shape index (κ1) is 14.0. The van der Waals surface area contributed by atoms with Gasteiger partial charge in [0.25, 0.3) is 0 Å². The van der Waals surface area contributed by atoms with Gasteiger partial charge in [-0.05, 0) is 43.0 Å². The summed E-state index contributed by atoms with van der Waals surface area (Å²) in [5, 5.41) is 8.73. The number of piperidine rings is 1. The Morgan fingerprint density at radius 2 is 2.00 bits per heavy atom. The quantitative estimate of drug-likeness (QED) is 0.843. The molecule has 1 aliphatic rings. The predicted octanol–water partition coefficient (Wildman–Crippen LogP) is 1.48. The van der Waals surface area contributed by atoms with Gasteiger partial charge < -0.3 is 10.8 Å². The molecule has 2 rings (SSSR count). The second kappa shape index (κ2) is 6.68. The molecule has 0 bridgehead atoms. The maximum atomic E-state index is 10.6. The van der Waals surface area contributed by atoms with E-state index in [4.69, 9.17) is 10.8 Å². The van der Waals surface area contributed by atoms with Crippen molar-refractivity contribution in [2.24, 2.45) is 11.7 Å². The molecule has 1 aromatic carbocycles. The van der Waals surface area contributed by atoms with E-state index in [2.05, 4.69) is 4.90 Å². The molecule has 1 aromatic rings. The smallest absolute Gasteiger partial charge is 0.307 e. The molecule has 104 valence electrons. The summed E-state index contributed by atoms with van der Waals surface area (Å²) in [6.07, 6.45) is 2.56. The highest BCUT2D eigenvalue weighted by Crippen LogP contribution is 2.18. The van der Waals surface area contributed by atoms with Crippen molar-refractivity contribution in [1.82, 2.24) is 4.90 Å². The Morgan fingerprint density at radius 3 is 2.63 bits per heavy atom. The lowest BCUT2D eigenvalue weighted by Gasteiger charge is -2.32. The maximum absolute atomic E-state index is 10.6. The van der Waals surface area contributed by atoms with Gasteiger partial charge in [0.15, 0.2) is 0 Å². The van der Waals surface area contributed by atoms with Crippen LogP contribution in [0.15, 0.2) is 24.3 Å². The Balaban J connectivity index is 1.90. The molecule has 1 atom stereocenters. The zero-order valence-electron chi connectivity index (χ0n) is 11.2. The van der Waals surface area contributed by atoms with E-state index in [1.807, 2.05) is 24.3 Å². The average Bonchev–Trinajstić information content (AvgIpc) is 2.41. The van der Waals surface area contributed by atoms with Gasteiger partial charge in [0, 0.05) is 13.1 Å². The zero-order chi connectivity index (χ0) is 13.7. The normalized spacial score (nSPS) is 20.4. The minimum atomic E-state index is -0.783. The highest BCUT2D eigenvalue weighted by molar-refractivity contribution is 5.70. The fraction of sp³-hybridized carbons (Fsp3) is 0.533. The van der Waals surface area contributed by atoms with Gasteiger partial charge in [-0.3, -0.25) is 9.69 Å². The summed E-state index contributed by atoms with van der Waals surface area (Å²) in [7, 11) is 0. The highest BCUT2D eigenvalue weighted by Gasteiger charge is 2.18. The van der Waals surface area contributed by atoms with E-state index >= 15 is 0 Å². The number of rotatable bonds is 5. The number of carbonyl (C=O) groups is 1. The maximum Gasteiger partial charge on any atom is 0.307 e. The summed E-state index contributed by atoms with van der Waals surface area (Å²) in [4.78, 5) is 13.1. The van der Waals surface area contributed by atoms with Crippen molar-refractivity contribution in [3.05, 3.63) is 35.4 Å². The van der Waals surface area contributed by atoms with Gasteiger partial charge in [-0.25, -0.2) is 0 Å². The molecule has 0 spiro atoms. The third-order valence-corrected chi connectivity index (χ3v) is 3.72. The standard InChI is InChI=1S/C15H22N2O2/c16-9-14-2-1-7-17(11-14)10-13-5-3-12(4-6-13)8-15(18)19/h3-6,14H,1-2,7-11,16H2,(H,18,19)/t14-/m0/s1. The minimum Gasteiger partial charge on any atom is -0.481 e. The summed E-state index contributed by atoms with van der Waals surface area (Å²) in [5.74, 6) is -0.158. The van der Waals surface area contributed by atoms with Gasteiger partial charge in [0.05, 0.1) is 6.42 Å². The van der Waals surface area contributed by atoms with Crippen LogP contribution in [-0.2, 0) is 17.8 Å². The van der Waals surface area contributed by atoms with E-state index in [0.29, 0.717) is 5.92 Å². The average molecular weight is 262 g/mol. The molecule has 0 amide bonds. The van der Waals surface area contributed by atoms with Gasteiger partial charge in [0.2, 0.25) is 0 Å². The molecule has 1 fully saturated rings. The Labute approximate surface area is 114 Å². The van der Waals surface area contributed by atoms with Gasteiger partial charge in [-0.2, -0.15) is 0 Å².